The van der Waals surface area contributed by atoms with E-state index in [4.69, 9.17) is 5.73 Å². The van der Waals surface area contributed by atoms with Gasteiger partial charge in [-0.3, -0.25) is 4.90 Å². The maximum atomic E-state index is 11.6. The van der Waals surface area contributed by atoms with E-state index in [0.717, 1.165) is 6.54 Å². The molecule has 1 saturated carbocycles. The van der Waals surface area contributed by atoms with Crippen LogP contribution in [-0.2, 0) is 9.84 Å². The summed E-state index contributed by atoms with van der Waals surface area (Å²) in [7, 11) is -2.80. The van der Waals surface area contributed by atoms with Crippen molar-refractivity contribution in [2.45, 2.75) is 44.7 Å². The van der Waals surface area contributed by atoms with E-state index in [1.807, 2.05) is 6.92 Å². The van der Waals surface area contributed by atoms with E-state index in [1.165, 1.54) is 25.7 Å². The van der Waals surface area contributed by atoms with E-state index in [9.17, 15) is 8.42 Å². The number of nitrogens with two attached hydrogens (primary N) is 1. The van der Waals surface area contributed by atoms with Crippen molar-refractivity contribution in [1.29, 1.82) is 0 Å². The monoisotopic (exact) mass is 260 g/mol. The first-order valence-corrected chi connectivity index (χ1v) is 8.52. The van der Waals surface area contributed by atoms with E-state index in [2.05, 4.69) is 4.90 Å². The zero-order chi connectivity index (χ0) is 12.5. The van der Waals surface area contributed by atoms with Crippen molar-refractivity contribution in [2.24, 2.45) is 11.7 Å². The normalized spacial score (nSPS) is 39.1. The molecule has 100 valence electrons. The Kier molecular flexibility index (Phi) is 4.10. The first kappa shape index (κ1) is 13.3. The lowest BCUT2D eigenvalue weighted by molar-refractivity contribution is 0.0816. The smallest absolute Gasteiger partial charge is 0.153 e. The van der Waals surface area contributed by atoms with E-state index in [0.29, 0.717) is 30.0 Å². The van der Waals surface area contributed by atoms with Gasteiger partial charge in [-0.15, -0.1) is 0 Å². The molecule has 0 aromatic heterocycles. The lowest BCUT2D eigenvalue weighted by atomic mass is 9.83. The summed E-state index contributed by atoms with van der Waals surface area (Å²) in [6.45, 7) is 3.48. The zero-order valence-electron chi connectivity index (χ0n) is 10.6. The average molecular weight is 260 g/mol. The van der Waals surface area contributed by atoms with Crippen LogP contribution in [-0.4, -0.2) is 50.0 Å². The highest BCUT2D eigenvalue weighted by atomic mass is 32.2. The molecule has 0 spiro atoms. The topological polar surface area (TPSA) is 63.4 Å². The maximum absolute atomic E-state index is 11.6. The summed E-state index contributed by atoms with van der Waals surface area (Å²) >= 11 is 0. The van der Waals surface area contributed by atoms with Gasteiger partial charge in [0.15, 0.2) is 9.84 Å². The third-order valence-corrected chi connectivity index (χ3v) is 6.11. The molecule has 0 amide bonds. The Bertz CT molecular complexity index is 356. The predicted molar refractivity (Wildman–Crippen MR) is 69.6 cm³/mol. The average Bonchev–Trinajstić information content (AvgIpc) is 2.28. The molecule has 2 rings (SSSR count). The minimum Gasteiger partial charge on any atom is -0.330 e. The second kappa shape index (κ2) is 5.24. The van der Waals surface area contributed by atoms with Crippen LogP contribution < -0.4 is 5.73 Å². The molecule has 3 unspecified atom stereocenters. The molecule has 1 saturated heterocycles. The molecule has 2 N–H and O–H groups in total. The Morgan fingerprint density at radius 3 is 2.65 bits per heavy atom. The first-order valence-electron chi connectivity index (χ1n) is 6.70. The van der Waals surface area contributed by atoms with Gasteiger partial charge in [-0.1, -0.05) is 12.8 Å². The molecular formula is C12H24N2O2S. The number of rotatable bonds is 2. The van der Waals surface area contributed by atoms with Crippen LogP contribution in [0.15, 0.2) is 0 Å². The molecule has 1 heterocycles. The van der Waals surface area contributed by atoms with E-state index in [-0.39, 0.29) is 6.04 Å². The molecule has 1 aliphatic carbocycles. The summed E-state index contributed by atoms with van der Waals surface area (Å²) in [6.07, 6.45) is 4.93. The predicted octanol–water partition coefficient (Wildman–Crippen LogP) is 0.623. The largest absolute Gasteiger partial charge is 0.330 e. The highest BCUT2D eigenvalue weighted by Crippen LogP contribution is 2.30. The van der Waals surface area contributed by atoms with Crippen molar-refractivity contribution in [1.82, 2.24) is 4.90 Å². The van der Waals surface area contributed by atoms with Crippen LogP contribution in [0.3, 0.4) is 0 Å². The van der Waals surface area contributed by atoms with Crippen LogP contribution in [0, 0.1) is 5.92 Å². The molecular weight excluding hydrogens is 236 g/mol. The summed E-state index contributed by atoms with van der Waals surface area (Å²) in [5.74, 6) is 1.21. The second-order valence-electron chi connectivity index (χ2n) is 5.55. The molecule has 5 heteroatoms. The molecule has 3 atom stereocenters. The molecule has 4 nitrogen and oxygen atoms in total. The lowest BCUT2D eigenvalue weighted by Gasteiger charge is -2.44. The Hall–Kier alpha value is -0.130. The summed E-state index contributed by atoms with van der Waals surface area (Å²) in [6, 6.07) is 0.671. The van der Waals surface area contributed by atoms with Crippen molar-refractivity contribution in [3.63, 3.8) is 0 Å². The Morgan fingerprint density at radius 1 is 1.29 bits per heavy atom. The molecule has 0 bridgehead atoms. The third-order valence-electron chi connectivity index (χ3n) is 4.32. The van der Waals surface area contributed by atoms with Gasteiger partial charge in [-0.2, -0.15) is 0 Å². The van der Waals surface area contributed by atoms with Crippen molar-refractivity contribution in [3.05, 3.63) is 0 Å². The maximum Gasteiger partial charge on any atom is 0.153 e. The van der Waals surface area contributed by atoms with Crippen molar-refractivity contribution >= 4 is 9.84 Å². The lowest BCUT2D eigenvalue weighted by Crippen LogP contribution is -2.55. The van der Waals surface area contributed by atoms with Gasteiger partial charge in [-0.25, -0.2) is 8.42 Å². The molecule has 0 radical (unpaired) electrons. The van der Waals surface area contributed by atoms with Crippen molar-refractivity contribution in [3.8, 4) is 0 Å². The van der Waals surface area contributed by atoms with Crippen LogP contribution >= 0.6 is 0 Å². The molecule has 2 aliphatic rings. The summed E-state index contributed by atoms with van der Waals surface area (Å²) in [4.78, 5) is 2.40. The Morgan fingerprint density at radius 2 is 2.00 bits per heavy atom. The van der Waals surface area contributed by atoms with E-state index >= 15 is 0 Å². The van der Waals surface area contributed by atoms with Crippen LogP contribution in [0.25, 0.3) is 0 Å². The van der Waals surface area contributed by atoms with Crippen LogP contribution in [0.5, 0.6) is 0 Å². The standard InChI is InChI=1S/C12H24N2O2S/c1-10-9-17(15,16)7-6-14(10)12-5-3-2-4-11(12)8-13/h10-12H,2-9,13H2,1H3. The number of sulfone groups is 1. The van der Waals surface area contributed by atoms with Gasteiger partial charge in [0.1, 0.15) is 0 Å². The fourth-order valence-corrected chi connectivity index (χ4v) is 4.99. The van der Waals surface area contributed by atoms with Crippen LogP contribution in [0.2, 0.25) is 0 Å². The Balaban J connectivity index is 2.06. The van der Waals surface area contributed by atoms with Crippen LogP contribution in [0.1, 0.15) is 32.6 Å². The second-order valence-corrected chi connectivity index (χ2v) is 7.78. The van der Waals surface area contributed by atoms with Crippen LogP contribution in [0.4, 0.5) is 0 Å². The molecule has 2 fully saturated rings. The van der Waals surface area contributed by atoms with Crippen molar-refractivity contribution in [2.75, 3.05) is 24.6 Å². The Labute approximate surface area is 104 Å². The fraction of sp³-hybridized carbons (Fsp3) is 1.00. The number of hydrogen-bond donors (Lipinski definition) is 1. The molecule has 0 aromatic carbocycles. The van der Waals surface area contributed by atoms with Gasteiger partial charge in [0.2, 0.25) is 0 Å². The molecule has 0 aromatic rings. The van der Waals surface area contributed by atoms with Gasteiger partial charge < -0.3 is 5.73 Å². The quantitative estimate of drug-likeness (QED) is 0.791. The molecule has 17 heavy (non-hydrogen) atoms. The summed E-state index contributed by atoms with van der Waals surface area (Å²) in [5, 5.41) is 0. The fourth-order valence-electron chi connectivity index (χ4n) is 3.40. The highest BCUT2D eigenvalue weighted by Gasteiger charge is 2.36. The van der Waals surface area contributed by atoms with E-state index < -0.39 is 9.84 Å². The van der Waals surface area contributed by atoms with Gasteiger partial charge >= 0.3 is 0 Å². The van der Waals surface area contributed by atoms with Gasteiger partial charge in [0.25, 0.3) is 0 Å². The van der Waals surface area contributed by atoms with Gasteiger partial charge in [0.05, 0.1) is 11.5 Å². The van der Waals surface area contributed by atoms with Crippen molar-refractivity contribution < 1.29 is 8.42 Å². The zero-order valence-corrected chi connectivity index (χ0v) is 11.5. The first-order chi connectivity index (χ1) is 8.03. The third kappa shape index (κ3) is 3.01. The minimum absolute atomic E-state index is 0.158. The van der Waals surface area contributed by atoms with E-state index in [1.54, 1.807) is 0 Å². The summed E-state index contributed by atoms with van der Waals surface area (Å²) in [5.41, 5.74) is 5.85. The van der Waals surface area contributed by atoms with Gasteiger partial charge in [-0.05, 0) is 32.2 Å². The SMILES string of the molecule is CC1CS(=O)(=O)CCN1C1CCCCC1CN. The number of hydrogen-bond acceptors (Lipinski definition) is 4. The minimum atomic E-state index is -2.80. The molecule has 1 aliphatic heterocycles. The summed E-state index contributed by atoms with van der Waals surface area (Å²) < 4.78 is 23.2. The number of nitrogens with zero attached hydrogens (tertiary/aromatic N) is 1. The van der Waals surface area contributed by atoms with Gasteiger partial charge in [0, 0.05) is 18.6 Å². The highest BCUT2D eigenvalue weighted by molar-refractivity contribution is 7.91.